The summed E-state index contributed by atoms with van der Waals surface area (Å²) in [6.07, 6.45) is 0.944. The molecule has 1 amide bonds. The maximum Gasteiger partial charge on any atom is 0.279 e. The van der Waals surface area contributed by atoms with E-state index in [2.05, 4.69) is 38.7 Å². The van der Waals surface area contributed by atoms with E-state index in [0.29, 0.717) is 10.7 Å². The predicted octanol–water partition coefficient (Wildman–Crippen LogP) is 2.54. The van der Waals surface area contributed by atoms with E-state index in [1.54, 1.807) is 12.1 Å². The SMILES string of the molecule is CCC1N[N]C(=NC(=O)c2ccc(Br)cc2)S1. The van der Waals surface area contributed by atoms with Crippen LogP contribution in [0.1, 0.15) is 23.7 Å². The van der Waals surface area contributed by atoms with E-state index in [0.717, 1.165) is 10.9 Å². The number of carbonyl (C=O) groups excluding carboxylic acids is 1. The van der Waals surface area contributed by atoms with Gasteiger partial charge in [0.05, 0.1) is 5.37 Å². The lowest BCUT2D eigenvalue weighted by molar-refractivity contribution is 0.100. The zero-order valence-electron chi connectivity index (χ0n) is 9.18. The lowest BCUT2D eigenvalue weighted by Crippen LogP contribution is -2.24. The normalized spacial score (nSPS) is 21.5. The van der Waals surface area contributed by atoms with Gasteiger partial charge in [0, 0.05) is 10.0 Å². The van der Waals surface area contributed by atoms with Gasteiger partial charge in [-0.25, -0.2) is 0 Å². The zero-order valence-corrected chi connectivity index (χ0v) is 11.6. The van der Waals surface area contributed by atoms with Gasteiger partial charge in [-0.2, -0.15) is 15.8 Å². The maximum atomic E-state index is 11.8. The molecule has 1 saturated heterocycles. The molecule has 17 heavy (non-hydrogen) atoms. The van der Waals surface area contributed by atoms with Crippen LogP contribution in [-0.4, -0.2) is 16.4 Å². The van der Waals surface area contributed by atoms with Crippen LogP contribution in [0.4, 0.5) is 0 Å². The minimum Gasteiger partial charge on any atom is -0.267 e. The number of amidine groups is 1. The second kappa shape index (κ2) is 5.66. The van der Waals surface area contributed by atoms with Crippen LogP contribution in [0.15, 0.2) is 33.7 Å². The van der Waals surface area contributed by atoms with Crippen LogP contribution in [0.5, 0.6) is 0 Å². The Morgan fingerprint density at radius 2 is 2.24 bits per heavy atom. The van der Waals surface area contributed by atoms with Crippen molar-refractivity contribution in [1.29, 1.82) is 0 Å². The molecule has 89 valence electrons. The topological polar surface area (TPSA) is 55.6 Å². The number of aliphatic imine (C=N–C) groups is 1. The number of halogens is 1. The van der Waals surface area contributed by atoms with E-state index in [1.807, 2.05) is 12.1 Å². The summed E-state index contributed by atoms with van der Waals surface area (Å²) in [6, 6.07) is 7.11. The minimum absolute atomic E-state index is 0.228. The number of hydrogen-bond donors (Lipinski definition) is 1. The van der Waals surface area contributed by atoms with Crippen molar-refractivity contribution in [3.05, 3.63) is 34.3 Å². The van der Waals surface area contributed by atoms with Gasteiger partial charge in [-0.05, 0) is 30.7 Å². The molecule has 4 nitrogen and oxygen atoms in total. The lowest BCUT2D eigenvalue weighted by atomic mass is 10.2. The Hall–Kier alpha value is -0.850. The number of benzene rings is 1. The molecule has 0 bridgehead atoms. The summed E-state index contributed by atoms with van der Waals surface area (Å²) < 4.78 is 0.939. The number of carbonyl (C=O) groups is 1. The third kappa shape index (κ3) is 3.31. The maximum absolute atomic E-state index is 11.8. The Morgan fingerprint density at radius 3 is 2.82 bits per heavy atom. The molecule has 1 aliphatic rings. The molecule has 1 heterocycles. The van der Waals surface area contributed by atoms with Crippen molar-refractivity contribution < 1.29 is 4.79 Å². The minimum atomic E-state index is -0.262. The average Bonchev–Trinajstić information content (AvgIpc) is 2.77. The quantitative estimate of drug-likeness (QED) is 0.913. The number of hydrogen-bond acceptors (Lipinski definition) is 3. The highest BCUT2D eigenvalue weighted by molar-refractivity contribution is 9.10. The van der Waals surface area contributed by atoms with E-state index in [9.17, 15) is 4.79 Å². The molecule has 0 spiro atoms. The molecule has 1 fully saturated rings. The first-order chi connectivity index (χ1) is 8.19. The van der Waals surface area contributed by atoms with Crippen molar-refractivity contribution in [2.24, 2.45) is 4.99 Å². The van der Waals surface area contributed by atoms with Gasteiger partial charge in [0.2, 0.25) is 5.17 Å². The monoisotopic (exact) mass is 312 g/mol. The van der Waals surface area contributed by atoms with Crippen LogP contribution in [0.2, 0.25) is 0 Å². The molecule has 1 aliphatic heterocycles. The highest BCUT2D eigenvalue weighted by Crippen LogP contribution is 2.19. The van der Waals surface area contributed by atoms with Crippen LogP contribution in [0, 0.1) is 0 Å². The zero-order chi connectivity index (χ0) is 12.3. The summed E-state index contributed by atoms with van der Waals surface area (Å²) in [6.45, 7) is 2.06. The molecular formula is C11H11BrN3OS. The van der Waals surface area contributed by atoms with Crippen molar-refractivity contribution in [3.8, 4) is 0 Å². The number of nitrogens with zero attached hydrogens (tertiary/aromatic N) is 2. The molecule has 0 aromatic heterocycles. The Labute approximate surface area is 112 Å². The molecule has 1 aromatic carbocycles. The lowest BCUT2D eigenvalue weighted by Gasteiger charge is -1.98. The largest absolute Gasteiger partial charge is 0.279 e. The van der Waals surface area contributed by atoms with Crippen molar-refractivity contribution in [1.82, 2.24) is 10.9 Å². The summed E-state index contributed by atoms with van der Waals surface area (Å²) in [4.78, 5) is 15.8. The molecular weight excluding hydrogens is 302 g/mol. The first-order valence-corrected chi connectivity index (χ1v) is 6.88. The van der Waals surface area contributed by atoms with Crippen molar-refractivity contribution >= 4 is 38.8 Å². The fraction of sp³-hybridized carbons (Fsp3) is 0.273. The average molecular weight is 313 g/mol. The standard InChI is InChI=1S/C11H11BrN3OS/c1-2-9-14-15-11(17-9)13-10(16)7-3-5-8(12)6-4-7/h3-6,9,14H,2H2,1H3. The summed E-state index contributed by atoms with van der Waals surface area (Å²) in [5, 5.41) is 0.733. The summed E-state index contributed by atoms with van der Waals surface area (Å²) in [7, 11) is 0. The first-order valence-electron chi connectivity index (χ1n) is 5.20. The van der Waals surface area contributed by atoms with Gasteiger partial charge in [0.15, 0.2) is 0 Å². The summed E-state index contributed by atoms with van der Waals surface area (Å²) in [5.74, 6) is -0.262. The highest BCUT2D eigenvalue weighted by Gasteiger charge is 2.21. The van der Waals surface area contributed by atoms with Gasteiger partial charge >= 0.3 is 0 Å². The molecule has 1 unspecified atom stereocenters. The van der Waals surface area contributed by atoms with Crippen molar-refractivity contribution in [3.63, 3.8) is 0 Å². The number of amides is 1. The molecule has 1 aromatic rings. The van der Waals surface area contributed by atoms with Gasteiger partial charge in [-0.3, -0.25) is 4.79 Å². The van der Waals surface area contributed by atoms with Gasteiger partial charge < -0.3 is 0 Å². The van der Waals surface area contributed by atoms with E-state index < -0.39 is 0 Å². The molecule has 0 aliphatic carbocycles. The van der Waals surface area contributed by atoms with Crippen LogP contribution >= 0.6 is 27.7 Å². The molecule has 2 rings (SSSR count). The number of rotatable bonds is 2. The van der Waals surface area contributed by atoms with E-state index in [1.165, 1.54) is 11.8 Å². The third-order valence-corrected chi connectivity index (χ3v) is 3.86. The Kier molecular flexibility index (Phi) is 4.20. The second-order valence-corrected chi connectivity index (χ2v) is 5.55. The van der Waals surface area contributed by atoms with Gasteiger partial charge in [0.1, 0.15) is 0 Å². The van der Waals surface area contributed by atoms with E-state index in [-0.39, 0.29) is 11.3 Å². The van der Waals surface area contributed by atoms with Crippen LogP contribution in [0.25, 0.3) is 0 Å². The molecule has 1 N–H and O–H groups in total. The molecule has 6 heteroatoms. The van der Waals surface area contributed by atoms with Gasteiger partial charge in [0.25, 0.3) is 5.91 Å². The number of thioether (sulfide) groups is 1. The fourth-order valence-corrected chi connectivity index (χ4v) is 2.31. The Morgan fingerprint density at radius 1 is 1.53 bits per heavy atom. The summed E-state index contributed by atoms with van der Waals surface area (Å²) in [5.41, 5.74) is 7.49. The second-order valence-electron chi connectivity index (χ2n) is 3.46. The van der Waals surface area contributed by atoms with Crippen LogP contribution < -0.4 is 10.9 Å². The fourth-order valence-electron chi connectivity index (χ4n) is 1.28. The number of nitrogens with one attached hydrogen (secondary N) is 1. The predicted molar refractivity (Wildman–Crippen MR) is 72.8 cm³/mol. The van der Waals surface area contributed by atoms with Crippen LogP contribution in [-0.2, 0) is 0 Å². The Bertz CT molecular complexity index is 447. The van der Waals surface area contributed by atoms with Crippen LogP contribution in [0.3, 0.4) is 0 Å². The van der Waals surface area contributed by atoms with Crippen molar-refractivity contribution in [2.75, 3.05) is 0 Å². The smallest absolute Gasteiger partial charge is 0.267 e. The molecule has 0 saturated carbocycles. The third-order valence-electron chi connectivity index (χ3n) is 2.21. The Balaban J connectivity index is 2.06. The highest BCUT2D eigenvalue weighted by atomic mass is 79.9. The summed E-state index contributed by atoms with van der Waals surface area (Å²) >= 11 is 4.80. The van der Waals surface area contributed by atoms with Gasteiger partial charge in [-0.15, -0.1) is 0 Å². The van der Waals surface area contributed by atoms with Crippen molar-refractivity contribution in [2.45, 2.75) is 18.7 Å². The van der Waals surface area contributed by atoms with E-state index >= 15 is 0 Å². The molecule has 1 atom stereocenters. The van der Waals surface area contributed by atoms with Gasteiger partial charge in [-0.1, -0.05) is 34.6 Å². The molecule has 1 radical (unpaired) electrons. The van der Waals surface area contributed by atoms with E-state index in [4.69, 9.17) is 0 Å². The first kappa shape index (κ1) is 12.6.